The normalized spacial score (nSPS) is 12.5. The van der Waals surface area contributed by atoms with Crippen LogP contribution in [0.3, 0.4) is 0 Å². The van der Waals surface area contributed by atoms with Crippen LogP contribution in [0.5, 0.6) is 0 Å². The number of benzene rings is 1. The van der Waals surface area contributed by atoms with Crippen molar-refractivity contribution in [2.45, 2.75) is 32.7 Å². The maximum absolute atomic E-state index is 12.3. The zero-order chi connectivity index (χ0) is 19.4. The number of carbonyl (C=O) groups excluding carboxylic acids is 1. The Kier molecular flexibility index (Phi) is 5.66. The van der Waals surface area contributed by atoms with Crippen LogP contribution in [0.2, 0.25) is 0 Å². The maximum Gasteiger partial charge on any atom is 0.240 e. The number of hydrogen-bond acceptors (Lipinski definition) is 6. The molecule has 0 aliphatic heterocycles. The fourth-order valence-electron chi connectivity index (χ4n) is 2.66. The molecule has 0 aliphatic carbocycles. The van der Waals surface area contributed by atoms with E-state index < -0.39 is 0 Å². The number of anilines is 1. The molecular weight excluding hydrogens is 344 g/mol. The largest absolute Gasteiger partial charge is 0.338 e. The first-order chi connectivity index (χ1) is 12.9. The molecule has 142 valence electrons. The molecule has 2 aromatic heterocycles. The van der Waals surface area contributed by atoms with E-state index in [4.69, 9.17) is 4.52 Å². The summed E-state index contributed by atoms with van der Waals surface area (Å²) in [4.78, 5) is 18.2. The Morgan fingerprint density at radius 2 is 2.00 bits per heavy atom. The van der Waals surface area contributed by atoms with Gasteiger partial charge in [-0.15, -0.1) is 0 Å². The van der Waals surface area contributed by atoms with E-state index in [0.717, 1.165) is 16.9 Å². The zero-order valence-corrected chi connectivity index (χ0v) is 16.0. The first-order valence-electron chi connectivity index (χ1n) is 8.85. The monoisotopic (exact) mass is 368 g/mol. The van der Waals surface area contributed by atoms with Gasteiger partial charge in [0.05, 0.1) is 17.9 Å². The molecule has 1 N–H and O–H groups in total. The van der Waals surface area contributed by atoms with Crippen LogP contribution in [0.15, 0.2) is 47.5 Å². The van der Waals surface area contributed by atoms with Crippen LogP contribution >= 0.6 is 0 Å². The fourth-order valence-corrected chi connectivity index (χ4v) is 2.66. The van der Waals surface area contributed by atoms with Gasteiger partial charge in [-0.1, -0.05) is 31.1 Å². The number of rotatable bonds is 7. The highest BCUT2D eigenvalue weighted by molar-refractivity contribution is 5.91. The van der Waals surface area contributed by atoms with E-state index in [1.54, 1.807) is 17.1 Å². The van der Waals surface area contributed by atoms with E-state index in [9.17, 15) is 4.79 Å². The van der Waals surface area contributed by atoms with Crippen molar-refractivity contribution < 1.29 is 9.32 Å². The highest BCUT2D eigenvalue weighted by Gasteiger charge is 2.17. The van der Waals surface area contributed by atoms with Gasteiger partial charge in [0, 0.05) is 12.1 Å². The molecule has 0 unspecified atom stereocenters. The lowest BCUT2D eigenvalue weighted by Gasteiger charge is -2.24. The molecule has 0 bridgehead atoms. The molecule has 1 atom stereocenters. The summed E-state index contributed by atoms with van der Waals surface area (Å²) in [6, 6.07) is 9.85. The Balaban J connectivity index is 1.57. The van der Waals surface area contributed by atoms with Gasteiger partial charge in [-0.05, 0) is 37.6 Å². The second-order valence-corrected chi connectivity index (χ2v) is 6.84. The van der Waals surface area contributed by atoms with Crippen LogP contribution in [-0.4, -0.2) is 44.3 Å². The number of hydrogen-bond donors (Lipinski definition) is 1. The van der Waals surface area contributed by atoms with Crippen LogP contribution in [0.1, 0.15) is 44.0 Å². The van der Waals surface area contributed by atoms with Gasteiger partial charge in [-0.3, -0.25) is 15.0 Å². The van der Waals surface area contributed by atoms with Crippen molar-refractivity contribution in [3.05, 3.63) is 54.2 Å². The number of amides is 1. The molecule has 0 radical (unpaired) electrons. The molecule has 1 aromatic carbocycles. The smallest absolute Gasteiger partial charge is 0.240 e. The molecule has 2 heterocycles. The molecule has 0 aliphatic rings. The zero-order valence-electron chi connectivity index (χ0n) is 16.0. The second-order valence-electron chi connectivity index (χ2n) is 6.84. The maximum atomic E-state index is 12.3. The molecule has 3 rings (SSSR count). The standard InChI is InChI=1S/C19H24N6O2/c1-13(2)17-9-19(27-23-17)22-18(26)10-24(4)14(3)15-5-7-16(8-6-15)25-12-20-11-21-25/h5-9,11-14H,10H2,1-4H3,(H,22,26)/t14-/m0/s1. The van der Waals surface area contributed by atoms with Gasteiger partial charge >= 0.3 is 0 Å². The number of likely N-dealkylation sites (N-methyl/N-ethyl adjacent to an activating group) is 1. The van der Waals surface area contributed by atoms with Gasteiger partial charge in [0.25, 0.3) is 0 Å². The summed E-state index contributed by atoms with van der Waals surface area (Å²) in [6.45, 7) is 6.34. The molecule has 0 saturated heterocycles. The van der Waals surface area contributed by atoms with Crippen molar-refractivity contribution in [2.75, 3.05) is 18.9 Å². The predicted molar refractivity (Wildman–Crippen MR) is 102 cm³/mol. The van der Waals surface area contributed by atoms with E-state index >= 15 is 0 Å². The van der Waals surface area contributed by atoms with Crippen molar-refractivity contribution in [2.24, 2.45) is 0 Å². The Hall–Kier alpha value is -3.00. The number of nitrogens with one attached hydrogen (secondary N) is 1. The second kappa shape index (κ2) is 8.13. The summed E-state index contributed by atoms with van der Waals surface area (Å²) >= 11 is 0. The SMILES string of the molecule is CC(C)c1cc(NC(=O)CN(C)[C@@H](C)c2ccc(-n3cncn3)cc2)on1. The minimum absolute atomic E-state index is 0.0708. The number of nitrogens with zero attached hydrogens (tertiary/aromatic N) is 5. The van der Waals surface area contributed by atoms with Crippen molar-refractivity contribution >= 4 is 11.8 Å². The van der Waals surface area contributed by atoms with E-state index in [0.29, 0.717) is 5.88 Å². The van der Waals surface area contributed by atoms with E-state index in [2.05, 4.69) is 27.5 Å². The van der Waals surface area contributed by atoms with Crippen molar-refractivity contribution in [1.82, 2.24) is 24.8 Å². The number of aromatic nitrogens is 4. The summed E-state index contributed by atoms with van der Waals surface area (Å²) in [6.07, 6.45) is 3.16. The van der Waals surface area contributed by atoms with Crippen LogP contribution in [0.25, 0.3) is 5.69 Å². The molecule has 1 amide bonds. The van der Waals surface area contributed by atoms with Gasteiger partial charge in [-0.2, -0.15) is 5.10 Å². The Labute approximate surface area is 158 Å². The Morgan fingerprint density at radius 1 is 1.26 bits per heavy atom. The average molecular weight is 368 g/mol. The van der Waals surface area contributed by atoms with E-state index in [-0.39, 0.29) is 24.4 Å². The molecule has 27 heavy (non-hydrogen) atoms. The lowest BCUT2D eigenvalue weighted by molar-refractivity contribution is -0.117. The lowest BCUT2D eigenvalue weighted by atomic mass is 10.1. The third-order valence-corrected chi connectivity index (χ3v) is 4.50. The predicted octanol–water partition coefficient (Wildman–Crippen LogP) is 3.01. The quantitative estimate of drug-likeness (QED) is 0.689. The van der Waals surface area contributed by atoms with Crippen molar-refractivity contribution in [3.8, 4) is 5.69 Å². The summed E-state index contributed by atoms with van der Waals surface area (Å²) in [5, 5.41) is 10.8. The van der Waals surface area contributed by atoms with Gasteiger partial charge < -0.3 is 4.52 Å². The van der Waals surface area contributed by atoms with Crippen LogP contribution in [0.4, 0.5) is 5.88 Å². The molecule has 0 fully saturated rings. The summed E-state index contributed by atoms with van der Waals surface area (Å²) < 4.78 is 6.86. The molecule has 8 nitrogen and oxygen atoms in total. The highest BCUT2D eigenvalue weighted by atomic mass is 16.5. The fraction of sp³-hybridized carbons (Fsp3) is 0.368. The van der Waals surface area contributed by atoms with Crippen LogP contribution in [0, 0.1) is 0 Å². The first-order valence-corrected chi connectivity index (χ1v) is 8.85. The highest BCUT2D eigenvalue weighted by Crippen LogP contribution is 2.21. The Morgan fingerprint density at radius 3 is 2.59 bits per heavy atom. The van der Waals surface area contributed by atoms with Crippen LogP contribution < -0.4 is 5.32 Å². The summed E-state index contributed by atoms with van der Waals surface area (Å²) in [5.74, 6) is 0.486. The van der Waals surface area contributed by atoms with Gasteiger partial charge in [0.15, 0.2) is 0 Å². The van der Waals surface area contributed by atoms with Gasteiger partial charge in [0.1, 0.15) is 12.7 Å². The molecule has 0 saturated carbocycles. The molecular formula is C19H24N6O2. The van der Waals surface area contributed by atoms with Gasteiger partial charge in [-0.25, -0.2) is 9.67 Å². The van der Waals surface area contributed by atoms with Gasteiger partial charge in [0.2, 0.25) is 11.8 Å². The van der Waals surface area contributed by atoms with Crippen molar-refractivity contribution in [3.63, 3.8) is 0 Å². The third-order valence-electron chi connectivity index (χ3n) is 4.50. The molecule has 3 aromatic rings. The van der Waals surface area contributed by atoms with Crippen LogP contribution in [-0.2, 0) is 4.79 Å². The number of carbonyl (C=O) groups is 1. The lowest BCUT2D eigenvalue weighted by Crippen LogP contribution is -2.32. The summed E-state index contributed by atoms with van der Waals surface area (Å²) in [5.41, 5.74) is 2.87. The van der Waals surface area contributed by atoms with Crippen molar-refractivity contribution in [1.29, 1.82) is 0 Å². The average Bonchev–Trinajstić information content (AvgIpc) is 3.33. The molecule has 8 heteroatoms. The molecule has 0 spiro atoms. The summed E-state index contributed by atoms with van der Waals surface area (Å²) in [7, 11) is 1.91. The minimum Gasteiger partial charge on any atom is -0.338 e. The topological polar surface area (TPSA) is 89.1 Å². The third kappa shape index (κ3) is 4.59. The Bertz CT molecular complexity index is 870. The minimum atomic E-state index is -0.143. The van der Waals surface area contributed by atoms with E-state index in [1.807, 2.05) is 50.1 Å². The first kappa shape index (κ1) is 18.8. The van der Waals surface area contributed by atoms with E-state index in [1.165, 1.54) is 6.33 Å².